The van der Waals surface area contributed by atoms with Gasteiger partial charge in [0.2, 0.25) is 11.1 Å². The fourth-order valence-electron chi connectivity index (χ4n) is 2.75. The molecule has 0 saturated carbocycles. The molecule has 1 atom stereocenters. The molecule has 2 heterocycles. The van der Waals surface area contributed by atoms with Gasteiger partial charge in [-0.25, -0.2) is 9.97 Å². The van der Waals surface area contributed by atoms with Gasteiger partial charge in [0, 0.05) is 11.3 Å². The zero-order valence-electron chi connectivity index (χ0n) is 14.4. The number of nitrogens with zero attached hydrogens (tertiary/aromatic N) is 3. The maximum absolute atomic E-state index is 12.7. The smallest absolute Gasteiger partial charge is 0.383 e. The predicted molar refractivity (Wildman–Crippen MR) is 94.3 cm³/mol. The lowest BCUT2D eigenvalue weighted by atomic mass is 10.1. The van der Waals surface area contributed by atoms with Crippen molar-refractivity contribution < 1.29 is 22.2 Å². The third kappa shape index (κ3) is 3.95. The molecule has 0 saturated heterocycles. The predicted octanol–water partition coefficient (Wildman–Crippen LogP) is 2.68. The minimum atomic E-state index is -4.42. The molecule has 2 N–H and O–H groups in total. The second-order valence-corrected chi connectivity index (χ2v) is 7.56. The Hall–Kier alpha value is -2.49. The minimum Gasteiger partial charge on any atom is -0.383 e. The summed E-state index contributed by atoms with van der Waals surface area (Å²) in [5, 5.41) is 0.0558. The summed E-state index contributed by atoms with van der Waals surface area (Å²) in [6.45, 7) is 1.91. The lowest BCUT2D eigenvalue weighted by molar-refractivity contribution is -0.137. The molecule has 1 unspecified atom stereocenters. The molecule has 0 fully saturated rings. The van der Waals surface area contributed by atoms with E-state index >= 15 is 0 Å². The number of anilines is 2. The Balaban J connectivity index is 1.90. The van der Waals surface area contributed by atoms with Crippen LogP contribution in [0.15, 0.2) is 29.4 Å². The molecular weight excluding hydrogens is 381 g/mol. The van der Waals surface area contributed by atoms with Crippen molar-refractivity contribution in [1.82, 2.24) is 9.97 Å². The highest BCUT2D eigenvalue weighted by molar-refractivity contribution is 7.84. The topological polar surface area (TPSA) is 89.2 Å². The first kappa shape index (κ1) is 19.3. The van der Waals surface area contributed by atoms with E-state index in [1.807, 2.05) is 6.92 Å². The lowest BCUT2D eigenvalue weighted by Gasteiger charge is -2.17. The van der Waals surface area contributed by atoms with Gasteiger partial charge in [0.25, 0.3) is 0 Å². The standard InChI is InChI=1S/C17H17F3N4O2S/c1-2-7-27(26)16-22-14(21)12-8-13(25)24(15(12)23-16)9-10-3-5-11(6-4-10)17(18,19)20/h3-6H,2,7-9H2,1H3,(H2,21,22,23). The van der Waals surface area contributed by atoms with Crippen LogP contribution in [-0.2, 0) is 34.7 Å². The number of halogens is 3. The summed E-state index contributed by atoms with van der Waals surface area (Å²) >= 11 is 0. The first-order valence-corrected chi connectivity index (χ1v) is 9.54. The molecule has 0 aliphatic carbocycles. The summed E-state index contributed by atoms with van der Waals surface area (Å²) in [6, 6.07) is 4.56. The maximum atomic E-state index is 12.7. The number of rotatable bonds is 5. The molecule has 1 aliphatic heterocycles. The van der Waals surface area contributed by atoms with Gasteiger partial charge in [0.1, 0.15) is 11.6 Å². The van der Waals surface area contributed by atoms with Gasteiger partial charge in [0.15, 0.2) is 0 Å². The van der Waals surface area contributed by atoms with Crippen LogP contribution in [0.4, 0.5) is 24.8 Å². The Morgan fingerprint density at radius 2 is 1.89 bits per heavy atom. The third-order valence-electron chi connectivity index (χ3n) is 4.10. The van der Waals surface area contributed by atoms with Crippen LogP contribution in [0.25, 0.3) is 0 Å². The Bertz CT molecular complexity index is 900. The number of hydrogen-bond acceptors (Lipinski definition) is 5. The summed E-state index contributed by atoms with van der Waals surface area (Å²) in [6.07, 6.45) is -3.75. The van der Waals surface area contributed by atoms with Crippen molar-refractivity contribution >= 4 is 28.3 Å². The van der Waals surface area contributed by atoms with Gasteiger partial charge in [-0.1, -0.05) is 19.1 Å². The molecule has 3 rings (SSSR count). The number of carbonyl (C=O) groups is 1. The Morgan fingerprint density at radius 1 is 1.22 bits per heavy atom. The summed E-state index contributed by atoms with van der Waals surface area (Å²) in [4.78, 5) is 22.0. The van der Waals surface area contributed by atoms with E-state index in [9.17, 15) is 22.2 Å². The summed E-state index contributed by atoms with van der Waals surface area (Å²) in [5.74, 6) is 0.448. The number of benzene rings is 1. The van der Waals surface area contributed by atoms with Crippen molar-refractivity contribution in [3.8, 4) is 0 Å². The minimum absolute atomic E-state index is 0.00247. The number of nitrogens with two attached hydrogens (primary N) is 1. The van der Waals surface area contributed by atoms with Crippen molar-refractivity contribution in [2.75, 3.05) is 16.4 Å². The quantitative estimate of drug-likeness (QED) is 0.783. The van der Waals surface area contributed by atoms with E-state index in [2.05, 4.69) is 9.97 Å². The maximum Gasteiger partial charge on any atom is 0.416 e. The Morgan fingerprint density at radius 3 is 2.48 bits per heavy atom. The number of aromatic nitrogens is 2. The van der Waals surface area contributed by atoms with E-state index in [4.69, 9.17) is 5.73 Å². The molecular formula is C17H17F3N4O2S. The Labute approximate surface area is 156 Å². The van der Waals surface area contributed by atoms with Crippen molar-refractivity contribution in [1.29, 1.82) is 0 Å². The molecule has 1 amide bonds. The second kappa shape index (κ2) is 7.26. The Kier molecular flexibility index (Phi) is 5.18. The van der Waals surface area contributed by atoms with Gasteiger partial charge in [-0.3, -0.25) is 13.9 Å². The van der Waals surface area contributed by atoms with E-state index in [0.29, 0.717) is 23.3 Å². The van der Waals surface area contributed by atoms with Crippen LogP contribution in [0.1, 0.15) is 30.0 Å². The fraction of sp³-hybridized carbons (Fsp3) is 0.353. The SMILES string of the molecule is CCCS(=O)c1nc(N)c2c(n1)N(Cc1ccc(C(F)(F)F)cc1)C(=O)C2. The number of nitrogen functional groups attached to an aromatic ring is 1. The van der Waals surface area contributed by atoms with E-state index < -0.39 is 22.5 Å². The van der Waals surface area contributed by atoms with E-state index in [0.717, 1.165) is 12.1 Å². The highest BCUT2D eigenvalue weighted by Gasteiger charge is 2.33. The van der Waals surface area contributed by atoms with Crippen molar-refractivity contribution in [2.45, 2.75) is 37.6 Å². The molecule has 1 aliphatic rings. The lowest BCUT2D eigenvalue weighted by Crippen LogP contribution is -2.27. The van der Waals surface area contributed by atoms with E-state index in [1.54, 1.807) is 0 Å². The molecule has 1 aromatic heterocycles. The third-order valence-corrected chi connectivity index (χ3v) is 5.47. The average molecular weight is 398 g/mol. The number of alkyl halides is 3. The van der Waals surface area contributed by atoms with Crippen LogP contribution in [0.3, 0.4) is 0 Å². The van der Waals surface area contributed by atoms with Crippen LogP contribution in [0.2, 0.25) is 0 Å². The van der Waals surface area contributed by atoms with Gasteiger partial charge in [-0.2, -0.15) is 13.2 Å². The van der Waals surface area contributed by atoms with Crippen molar-refractivity contribution in [2.24, 2.45) is 0 Å². The molecule has 27 heavy (non-hydrogen) atoms. The second-order valence-electron chi connectivity index (χ2n) is 6.09. The summed E-state index contributed by atoms with van der Waals surface area (Å²) in [7, 11) is -1.44. The molecule has 2 aromatic rings. The summed E-state index contributed by atoms with van der Waals surface area (Å²) in [5.41, 5.74) is 6.10. The molecule has 0 radical (unpaired) electrons. The van der Waals surface area contributed by atoms with Gasteiger partial charge < -0.3 is 5.73 Å². The fourth-order valence-corrected chi connectivity index (χ4v) is 3.69. The molecule has 0 bridgehead atoms. The summed E-state index contributed by atoms with van der Waals surface area (Å²) < 4.78 is 50.3. The number of carbonyl (C=O) groups excluding carboxylic acids is 1. The van der Waals surface area contributed by atoms with Gasteiger partial charge in [0.05, 0.1) is 29.3 Å². The first-order valence-electron chi connectivity index (χ1n) is 8.22. The highest BCUT2D eigenvalue weighted by Crippen LogP contribution is 2.33. The van der Waals surface area contributed by atoms with Crippen molar-refractivity contribution in [3.63, 3.8) is 0 Å². The van der Waals surface area contributed by atoms with Crippen LogP contribution < -0.4 is 10.6 Å². The molecule has 1 aromatic carbocycles. The number of amides is 1. The van der Waals surface area contributed by atoms with Crippen LogP contribution in [0, 0.1) is 0 Å². The zero-order chi connectivity index (χ0) is 19.8. The van der Waals surface area contributed by atoms with E-state index in [-0.39, 0.29) is 35.7 Å². The van der Waals surface area contributed by atoms with Gasteiger partial charge in [-0.15, -0.1) is 0 Å². The van der Waals surface area contributed by atoms with Gasteiger partial charge >= 0.3 is 6.18 Å². The number of fused-ring (bicyclic) bond motifs is 1. The zero-order valence-corrected chi connectivity index (χ0v) is 15.2. The van der Waals surface area contributed by atoms with Gasteiger partial charge in [-0.05, 0) is 24.1 Å². The molecule has 6 nitrogen and oxygen atoms in total. The first-order chi connectivity index (χ1) is 12.7. The van der Waals surface area contributed by atoms with E-state index in [1.165, 1.54) is 17.0 Å². The molecule has 144 valence electrons. The average Bonchev–Trinajstić information content (AvgIpc) is 2.91. The molecule has 0 spiro atoms. The van der Waals surface area contributed by atoms with Crippen LogP contribution in [0.5, 0.6) is 0 Å². The largest absolute Gasteiger partial charge is 0.416 e. The normalized spacial score (nSPS) is 15.1. The number of hydrogen-bond donors (Lipinski definition) is 1. The van der Waals surface area contributed by atoms with Crippen molar-refractivity contribution in [3.05, 3.63) is 41.0 Å². The molecule has 10 heteroatoms. The van der Waals surface area contributed by atoms with Crippen LogP contribution in [-0.4, -0.2) is 25.8 Å². The highest BCUT2D eigenvalue weighted by atomic mass is 32.2. The monoisotopic (exact) mass is 398 g/mol. The van der Waals surface area contributed by atoms with Crippen LogP contribution >= 0.6 is 0 Å².